The molecule has 24 heavy (non-hydrogen) atoms. The highest BCUT2D eigenvalue weighted by Gasteiger charge is 2.18. The summed E-state index contributed by atoms with van der Waals surface area (Å²) in [7, 11) is 0. The number of aromatic nitrogens is 1. The Balaban J connectivity index is 1.65. The molecule has 0 saturated carbocycles. The van der Waals surface area contributed by atoms with Crippen molar-refractivity contribution in [3.63, 3.8) is 0 Å². The Morgan fingerprint density at radius 1 is 1.29 bits per heavy atom. The van der Waals surface area contributed by atoms with Gasteiger partial charge in [-0.05, 0) is 37.5 Å². The van der Waals surface area contributed by atoms with E-state index < -0.39 is 0 Å². The predicted octanol–water partition coefficient (Wildman–Crippen LogP) is 3.99. The van der Waals surface area contributed by atoms with Gasteiger partial charge in [-0.3, -0.25) is 4.79 Å². The number of benzene rings is 1. The van der Waals surface area contributed by atoms with Crippen LogP contribution in [0.2, 0.25) is 0 Å². The summed E-state index contributed by atoms with van der Waals surface area (Å²) in [5, 5.41) is 2.94. The molecular formula is C19H19FN2O2. The topological polar surface area (TPSA) is 51.2 Å². The minimum atomic E-state index is -0.372. The minimum absolute atomic E-state index is 0.0271. The SMILES string of the molecule is O=C(NCc1cccnc1Oc1cccc(F)c1)[C@@H]1CC=CCC1. The van der Waals surface area contributed by atoms with Crippen LogP contribution in [0.25, 0.3) is 0 Å². The Labute approximate surface area is 140 Å². The third kappa shape index (κ3) is 4.19. The molecule has 0 unspecified atom stereocenters. The van der Waals surface area contributed by atoms with Crippen LogP contribution in [0.1, 0.15) is 24.8 Å². The molecule has 1 aliphatic carbocycles. The van der Waals surface area contributed by atoms with Gasteiger partial charge < -0.3 is 10.1 Å². The van der Waals surface area contributed by atoms with E-state index in [9.17, 15) is 9.18 Å². The van der Waals surface area contributed by atoms with E-state index in [0.717, 1.165) is 24.8 Å². The molecule has 1 aromatic heterocycles. The fourth-order valence-corrected chi connectivity index (χ4v) is 2.65. The molecule has 1 amide bonds. The van der Waals surface area contributed by atoms with Crippen LogP contribution < -0.4 is 10.1 Å². The highest BCUT2D eigenvalue weighted by atomic mass is 19.1. The number of carbonyl (C=O) groups excluding carboxylic acids is 1. The highest BCUT2D eigenvalue weighted by Crippen LogP contribution is 2.24. The maximum atomic E-state index is 13.3. The van der Waals surface area contributed by atoms with Crippen molar-refractivity contribution >= 4 is 5.91 Å². The average molecular weight is 326 g/mol. The van der Waals surface area contributed by atoms with Crippen LogP contribution in [-0.4, -0.2) is 10.9 Å². The zero-order chi connectivity index (χ0) is 16.8. The summed E-state index contributed by atoms with van der Waals surface area (Å²) >= 11 is 0. The van der Waals surface area contributed by atoms with Crippen molar-refractivity contribution in [3.05, 3.63) is 66.1 Å². The van der Waals surface area contributed by atoms with Crippen LogP contribution >= 0.6 is 0 Å². The molecule has 0 saturated heterocycles. The van der Waals surface area contributed by atoms with Crippen LogP contribution in [0.15, 0.2) is 54.7 Å². The lowest BCUT2D eigenvalue weighted by Crippen LogP contribution is -2.30. The molecule has 1 heterocycles. The van der Waals surface area contributed by atoms with Crippen molar-refractivity contribution in [2.45, 2.75) is 25.8 Å². The molecule has 1 atom stereocenters. The number of rotatable bonds is 5. The summed E-state index contributed by atoms with van der Waals surface area (Å²) in [4.78, 5) is 16.4. The van der Waals surface area contributed by atoms with Crippen molar-refractivity contribution in [2.24, 2.45) is 5.92 Å². The predicted molar refractivity (Wildman–Crippen MR) is 89.0 cm³/mol. The van der Waals surface area contributed by atoms with Gasteiger partial charge in [0.2, 0.25) is 11.8 Å². The highest BCUT2D eigenvalue weighted by molar-refractivity contribution is 5.79. The van der Waals surface area contributed by atoms with Crippen molar-refractivity contribution in [3.8, 4) is 11.6 Å². The summed E-state index contributed by atoms with van der Waals surface area (Å²) in [6, 6.07) is 9.50. The molecule has 2 aromatic rings. The number of nitrogens with one attached hydrogen (secondary N) is 1. The second-order valence-electron chi connectivity index (χ2n) is 5.73. The third-order valence-electron chi connectivity index (χ3n) is 3.95. The van der Waals surface area contributed by atoms with E-state index in [1.54, 1.807) is 24.4 Å². The Kier molecular flexibility index (Phi) is 5.21. The van der Waals surface area contributed by atoms with Crippen LogP contribution in [0.5, 0.6) is 11.6 Å². The summed E-state index contributed by atoms with van der Waals surface area (Å²) in [5.41, 5.74) is 0.751. The van der Waals surface area contributed by atoms with Gasteiger partial charge in [0.25, 0.3) is 0 Å². The molecule has 0 radical (unpaired) electrons. The van der Waals surface area contributed by atoms with Crippen molar-refractivity contribution in [1.82, 2.24) is 10.3 Å². The van der Waals surface area contributed by atoms with Gasteiger partial charge in [0.1, 0.15) is 11.6 Å². The quantitative estimate of drug-likeness (QED) is 0.845. The Bertz CT molecular complexity index is 746. The number of amides is 1. The molecule has 0 spiro atoms. The molecule has 1 aliphatic rings. The number of hydrogen-bond donors (Lipinski definition) is 1. The molecule has 1 aromatic carbocycles. The molecule has 124 valence electrons. The van der Waals surface area contributed by atoms with Gasteiger partial charge in [-0.1, -0.05) is 24.3 Å². The molecule has 5 heteroatoms. The summed E-state index contributed by atoms with van der Waals surface area (Å²) in [6.45, 7) is 0.331. The summed E-state index contributed by atoms with van der Waals surface area (Å²) in [5.74, 6) is 0.438. The molecule has 0 aliphatic heterocycles. The minimum Gasteiger partial charge on any atom is -0.439 e. The average Bonchev–Trinajstić information content (AvgIpc) is 2.61. The first-order chi connectivity index (χ1) is 11.7. The maximum Gasteiger partial charge on any atom is 0.224 e. The number of ether oxygens (including phenoxy) is 1. The normalized spacial score (nSPS) is 16.6. The van der Waals surface area contributed by atoms with E-state index in [0.29, 0.717) is 18.2 Å². The monoisotopic (exact) mass is 326 g/mol. The second kappa shape index (κ2) is 7.73. The first-order valence-electron chi connectivity index (χ1n) is 8.02. The molecule has 0 bridgehead atoms. The van der Waals surface area contributed by atoms with E-state index in [1.807, 2.05) is 6.07 Å². The first-order valence-corrected chi connectivity index (χ1v) is 8.02. The van der Waals surface area contributed by atoms with E-state index >= 15 is 0 Å². The number of nitrogens with zero attached hydrogens (tertiary/aromatic N) is 1. The maximum absolute atomic E-state index is 13.3. The number of pyridine rings is 1. The van der Waals surface area contributed by atoms with Crippen LogP contribution in [0, 0.1) is 11.7 Å². The van der Waals surface area contributed by atoms with Gasteiger partial charge in [0.15, 0.2) is 0 Å². The number of halogens is 1. The van der Waals surface area contributed by atoms with E-state index in [4.69, 9.17) is 4.74 Å². The largest absolute Gasteiger partial charge is 0.439 e. The van der Waals surface area contributed by atoms with E-state index in [1.165, 1.54) is 12.1 Å². The van der Waals surface area contributed by atoms with Gasteiger partial charge >= 0.3 is 0 Å². The van der Waals surface area contributed by atoms with Crippen LogP contribution in [0.4, 0.5) is 4.39 Å². The zero-order valence-corrected chi connectivity index (χ0v) is 13.2. The van der Waals surface area contributed by atoms with Crippen molar-refractivity contribution in [1.29, 1.82) is 0 Å². The number of carbonyl (C=O) groups is 1. The van der Waals surface area contributed by atoms with Gasteiger partial charge in [-0.25, -0.2) is 9.37 Å². The first kappa shape index (κ1) is 16.2. The van der Waals surface area contributed by atoms with Gasteiger partial charge in [-0.2, -0.15) is 0 Å². The summed E-state index contributed by atoms with van der Waals surface area (Å²) < 4.78 is 18.9. The van der Waals surface area contributed by atoms with Crippen molar-refractivity contribution < 1.29 is 13.9 Å². The lowest BCUT2D eigenvalue weighted by Gasteiger charge is -2.17. The zero-order valence-electron chi connectivity index (χ0n) is 13.2. The standard InChI is InChI=1S/C19H19FN2O2/c20-16-9-4-10-17(12-16)24-19-15(8-5-11-21-19)13-22-18(23)14-6-2-1-3-7-14/h1-2,4-5,8-12,14H,3,6-7,13H2,(H,22,23)/t14-/m1/s1. The van der Waals surface area contributed by atoms with Gasteiger partial charge in [0, 0.05) is 30.3 Å². The van der Waals surface area contributed by atoms with Gasteiger partial charge in [-0.15, -0.1) is 0 Å². The lowest BCUT2D eigenvalue weighted by atomic mass is 9.93. The molecule has 3 rings (SSSR count). The van der Waals surface area contributed by atoms with E-state index in [-0.39, 0.29) is 17.6 Å². The lowest BCUT2D eigenvalue weighted by molar-refractivity contribution is -0.125. The molecule has 0 fully saturated rings. The number of hydrogen-bond acceptors (Lipinski definition) is 3. The number of allylic oxidation sites excluding steroid dienone is 2. The fraction of sp³-hybridized carbons (Fsp3) is 0.263. The third-order valence-corrected chi connectivity index (χ3v) is 3.95. The second-order valence-corrected chi connectivity index (χ2v) is 5.73. The molecular weight excluding hydrogens is 307 g/mol. The summed E-state index contributed by atoms with van der Waals surface area (Å²) in [6.07, 6.45) is 8.37. The fourth-order valence-electron chi connectivity index (χ4n) is 2.65. The van der Waals surface area contributed by atoms with Crippen LogP contribution in [0.3, 0.4) is 0 Å². The van der Waals surface area contributed by atoms with Crippen LogP contribution in [-0.2, 0) is 11.3 Å². The van der Waals surface area contributed by atoms with Gasteiger partial charge in [0.05, 0.1) is 0 Å². The smallest absolute Gasteiger partial charge is 0.224 e. The Morgan fingerprint density at radius 2 is 2.21 bits per heavy atom. The van der Waals surface area contributed by atoms with Crippen molar-refractivity contribution in [2.75, 3.05) is 0 Å². The molecule has 1 N–H and O–H groups in total. The Morgan fingerprint density at radius 3 is 3.00 bits per heavy atom. The molecule has 4 nitrogen and oxygen atoms in total. The van der Waals surface area contributed by atoms with E-state index in [2.05, 4.69) is 22.5 Å². The Hall–Kier alpha value is -2.69.